The first-order chi connectivity index (χ1) is 13.4. The van der Waals surface area contributed by atoms with Gasteiger partial charge in [-0.05, 0) is 49.4 Å². The second-order valence-electron chi connectivity index (χ2n) is 6.58. The summed E-state index contributed by atoms with van der Waals surface area (Å²) >= 11 is 1.36. The third-order valence-corrected chi connectivity index (χ3v) is 7.47. The third-order valence-electron chi connectivity index (χ3n) is 4.72. The molecule has 1 fully saturated rings. The molecule has 1 aromatic heterocycles. The maximum atomic E-state index is 12.5. The van der Waals surface area contributed by atoms with Crippen molar-refractivity contribution in [1.29, 1.82) is 0 Å². The maximum Gasteiger partial charge on any atom is 0.265 e. The summed E-state index contributed by atoms with van der Waals surface area (Å²) < 4.78 is 25.3. The molecule has 3 rings (SSSR count). The number of carbonyl (C=O) groups excluding carboxylic acids is 2. The van der Waals surface area contributed by atoms with Gasteiger partial charge in [0.15, 0.2) is 0 Å². The summed E-state index contributed by atoms with van der Waals surface area (Å²) in [5.41, 5.74) is 1.19. The average molecular weight is 422 g/mol. The summed E-state index contributed by atoms with van der Waals surface area (Å²) in [5.74, 6) is -0.473. The van der Waals surface area contributed by atoms with Crippen LogP contribution in [0.5, 0.6) is 0 Å². The SMILES string of the molecule is CCS(=O)(=O)N1CCC(C(=O)Nc2cccc(NC(=O)c3cccs3)c2)CC1. The Kier molecular flexibility index (Phi) is 6.48. The van der Waals surface area contributed by atoms with Gasteiger partial charge in [0.2, 0.25) is 15.9 Å². The molecule has 1 aliphatic heterocycles. The number of hydrogen-bond acceptors (Lipinski definition) is 5. The van der Waals surface area contributed by atoms with Gasteiger partial charge in [-0.25, -0.2) is 12.7 Å². The molecule has 0 radical (unpaired) electrons. The molecule has 2 N–H and O–H groups in total. The molecule has 2 amide bonds. The molecule has 0 atom stereocenters. The monoisotopic (exact) mass is 421 g/mol. The van der Waals surface area contributed by atoms with E-state index < -0.39 is 10.0 Å². The van der Waals surface area contributed by atoms with Crippen molar-refractivity contribution in [3.05, 3.63) is 46.7 Å². The standard InChI is InChI=1S/C19H23N3O4S2/c1-2-28(25,26)22-10-8-14(9-11-22)18(23)20-15-5-3-6-16(13-15)21-19(24)17-7-4-12-27-17/h3-7,12-14H,2,8-11H2,1H3,(H,20,23)(H,21,24). The lowest BCUT2D eigenvalue weighted by atomic mass is 9.97. The number of anilines is 2. The van der Waals surface area contributed by atoms with Crippen LogP contribution in [0.15, 0.2) is 41.8 Å². The first-order valence-corrected chi connectivity index (χ1v) is 11.6. The number of nitrogens with zero attached hydrogens (tertiary/aromatic N) is 1. The highest BCUT2D eigenvalue weighted by Gasteiger charge is 2.30. The smallest absolute Gasteiger partial charge is 0.265 e. The lowest BCUT2D eigenvalue weighted by molar-refractivity contribution is -0.120. The Hall–Kier alpha value is -2.23. The number of hydrogen-bond donors (Lipinski definition) is 2. The van der Waals surface area contributed by atoms with Crippen molar-refractivity contribution in [2.75, 3.05) is 29.5 Å². The van der Waals surface area contributed by atoms with E-state index in [9.17, 15) is 18.0 Å². The van der Waals surface area contributed by atoms with Crippen molar-refractivity contribution in [2.24, 2.45) is 5.92 Å². The minimum atomic E-state index is -3.20. The van der Waals surface area contributed by atoms with Crippen LogP contribution in [0.3, 0.4) is 0 Å². The van der Waals surface area contributed by atoms with Gasteiger partial charge in [0.25, 0.3) is 5.91 Å². The largest absolute Gasteiger partial charge is 0.326 e. The summed E-state index contributed by atoms with van der Waals surface area (Å²) in [6.07, 6.45) is 1.000. The lowest BCUT2D eigenvalue weighted by Gasteiger charge is -2.30. The second-order valence-corrected chi connectivity index (χ2v) is 9.78. The number of sulfonamides is 1. The molecule has 1 aliphatic rings. The number of amides is 2. The van der Waals surface area contributed by atoms with Crippen molar-refractivity contribution < 1.29 is 18.0 Å². The first kappa shape index (κ1) is 20.5. The summed E-state index contributed by atoms with van der Waals surface area (Å²) in [5, 5.41) is 7.52. The molecule has 2 heterocycles. The first-order valence-electron chi connectivity index (χ1n) is 9.12. The molecule has 28 heavy (non-hydrogen) atoms. The fourth-order valence-electron chi connectivity index (χ4n) is 3.10. The third kappa shape index (κ3) is 4.98. The molecule has 0 saturated carbocycles. The van der Waals surface area contributed by atoms with Crippen molar-refractivity contribution in [3.8, 4) is 0 Å². The van der Waals surface area contributed by atoms with E-state index in [0.29, 0.717) is 42.2 Å². The summed E-state index contributed by atoms with van der Waals surface area (Å²) in [6, 6.07) is 10.5. The van der Waals surface area contributed by atoms with Crippen LogP contribution in [0.25, 0.3) is 0 Å². The molecule has 150 valence electrons. The molecule has 0 bridgehead atoms. The van der Waals surface area contributed by atoms with Crippen LogP contribution in [0, 0.1) is 5.92 Å². The van der Waals surface area contributed by atoms with Gasteiger partial charge in [0.1, 0.15) is 0 Å². The molecule has 0 unspecified atom stereocenters. The number of piperidine rings is 1. The van der Waals surface area contributed by atoms with Gasteiger partial charge in [-0.1, -0.05) is 12.1 Å². The predicted octanol–water partition coefficient (Wildman–Crippen LogP) is 3.00. The van der Waals surface area contributed by atoms with Gasteiger partial charge < -0.3 is 10.6 Å². The fraction of sp³-hybridized carbons (Fsp3) is 0.368. The molecule has 1 aromatic carbocycles. The van der Waals surface area contributed by atoms with Gasteiger partial charge in [-0.15, -0.1) is 11.3 Å². The van der Waals surface area contributed by atoms with E-state index in [1.54, 1.807) is 37.3 Å². The van der Waals surface area contributed by atoms with Crippen LogP contribution in [-0.2, 0) is 14.8 Å². The van der Waals surface area contributed by atoms with E-state index in [-0.39, 0.29) is 23.5 Å². The van der Waals surface area contributed by atoms with E-state index in [4.69, 9.17) is 0 Å². The van der Waals surface area contributed by atoms with Crippen molar-refractivity contribution in [2.45, 2.75) is 19.8 Å². The summed E-state index contributed by atoms with van der Waals surface area (Å²) in [4.78, 5) is 25.3. The molecule has 1 saturated heterocycles. The Bertz CT molecular complexity index is 934. The minimum Gasteiger partial charge on any atom is -0.326 e. The number of carbonyl (C=O) groups is 2. The highest BCUT2D eigenvalue weighted by Crippen LogP contribution is 2.23. The van der Waals surface area contributed by atoms with E-state index in [1.807, 2.05) is 11.4 Å². The molecular weight excluding hydrogens is 398 g/mol. The van der Waals surface area contributed by atoms with Gasteiger partial charge in [0.05, 0.1) is 10.6 Å². The van der Waals surface area contributed by atoms with Crippen molar-refractivity contribution in [1.82, 2.24) is 4.31 Å². The zero-order valence-corrected chi connectivity index (χ0v) is 17.2. The predicted molar refractivity (Wildman–Crippen MR) is 111 cm³/mol. The second kappa shape index (κ2) is 8.85. The Morgan fingerprint density at radius 3 is 2.39 bits per heavy atom. The van der Waals surface area contributed by atoms with E-state index >= 15 is 0 Å². The number of rotatable bonds is 6. The Labute approximate surface area is 168 Å². The van der Waals surface area contributed by atoms with Crippen LogP contribution in [0.1, 0.15) is 29.4 Å². The Morgan fingerprint density at radius 2 is 1.79 bits per heavy atom. The molecule has 2 aromatic rings. The van der Waals surface area contributed by atoms with Gasteiger partial charge in [-0.3, -0.25) is 9.59 Å². The molecule has 9 heteroatoms. The molecule has 0 aliphatic carbocycles. The Balaban J connectivity index is 1.57. The average Bonchev–Trinajstić information content (AvgIpc) is 3.23. The van der Waals surface area contributed by atoms with E-state index in [2.05, 4.69) is 10.6 Å². The van der Waals surface area contributed by atoms with Crippen LogP contribution in [0.2, 0.25) is 0 Å². The fourth-order valence-corrected chi connectivity index (χ4v) is 4.85. The maximum absolute atomic E-state index is 12.5. The van der Waals surface area contributed by atoms with Crippen molar-refractivity contribution in [3.63, 3.8) is 0 Å². The summed E-state index contributed by atoms with van der Waals surface area (Å²) in [6.45, 7) is 2.36. The highest BCUT2D eigenvalue weighted by molar-refractivity contribution is 7.89. The van der Waals surface area contributed by atoms with Crippen molar-refractivity contribution >= 4 is 44.5 Å². The van der Waals surface area contributed by atoms with Gasteiger partial charge in [0, 0.05) is 30.4 Å². The normalized spacial score (nSPS) is 15.9. The molecule has 7 nitrogen and oxygen atoms in total. The zero-order chi connectivity index (χ0) is 20.1. The molecule has 0 spiro atoms. The van der Waals surface area contributed by atoms with Crippen LogP contribution in [0.4, 0.5) is 11.4 Å². The number of nitrogens with one attached hydrogen (secondary N) is 2. The molecular formula is C19H23N3O4S2. The van der Waals surface area contributed by atoms with Crippen LogP contribution >= 0.6 is 11.3 Å². The summed E-state index contributed by atoms with van der Waals surface area (Å²) in [7, 11) is -3.20. The van der Waals surface area contributed by atoms with E-state index in [0.717, 1.165) is 0 Å². The number of benzene rings is 1. The highest BCUT2D eigenvalue weighted by atomic mass is 32.2. The van der Waals surface area contributed by atoms with Gasteiger partial charge in [-0.2, -0.15) is 0 Å². The van der Waals surface area contributed by atoms with Crippen LogP contribution in [-0.4, -0.2) is 43.4 Å². The minimum absolute atomic E-state index is 0.0772. The van der Waals surface area contributed by atoms with E-state index in [1.165, 1.54) is 15.6 Å². The topological polar surface area (TPSA) is 95.6 Å². The quantitative estimate of drug-likeness (QED) is 0.749. The zero-order valence-electron chi connectivity index (χ0n) is 15.6. The number of thiophene rings is 1. The van der Waals surface area contributed by atoms with Crippen LogP contribution < -0.4 is 10.6 Å². The lowest BCUT2D eigenvalue weighted by Crippen LogP contribution is -2.42. The Morgan fingerprint density at radius 1 is 1.11 bits per heavy atom. The van der Waals surface area contributed by atoms with Gasteiger partial charge >= 0.3 is 0 Å².